The molecule has 0 aromatic heterocycles. The standard InChI is InChI=1S/C21H26BrNO5/c1-18-7-5-15(24)13-14(18)3-4-17-16-6-8-20(11-12-22,28-23(26)27)19(16,2)9-10-21(17,18)25/h13,16-17,25H,3-10H2,1-2H3/t16-,17-,18-,19-,20?,21-/m0/s1. The summed E-state index contributed by atoms with van der Waals surface area (Å²) < 4.78 is 0. The monoisotopic (exact) mass is 451 g/mol. The third-order valence-electron chi connectivity index (χ3n) is 8.75. The number of ketones is 1. The van der Waals surface area contributed by atoms with Gasteiger partial charge in [-0.15, -0.1) is 10.1 Å². The van der Waals surface area contributed by atoms with Crippen LogP contribution in [-0.2, 0) is 9.63 Å². The fourth-order valence-electron chi connectivity index (χ4n) is 7.08. The van der Waals surface area contributed by atoms with Gasteiger partial charge in [-0.1, -0.05) is 25.3 Å². The minimum Gasteiger partial charge on any atom is -0.389 e. The zero-order valence-corrected chi connectivity index (χ0v) is 17.9. The third-order valence-corrected chi connectivity index (χ3v) is 8.95. The van der Waals surface area contributed by atoms with Crippen LogP contribution in [0.15, 0.2) is 11.6 Å². The van der Waals surface area contributed by atoms with Crippen LogP contribution in [0.25, 0.3) is 0 Å². The second kappa shape index (κ2) is 6.30. The summed E-state index contributed by atoms with van der Waals surface area (Å²) in [7, 11) is 0. The number of hydrogen-bond donors (Lipinski definition) is 1. The van der Waals surface area contributed by atoms with Gasteiger partial charge in [-0.2, -0.15) is 0 Å². The molecule has 1 unspecified atom stereocenters. The molecule has 3 fully saturated rings. The fraction of sp³-hybridized carbons (Fsp3) is 0.762. The van der Waals surface area contributed by atoms with E-state index in [0.29, 0.717) is 32.1 Å². The molecule has 6 atom stereocenters. The summed E-state index contributed by atoms with van der Waals surface area (Å²) in [5.41, 5.74) is -1.86. The maximum Gasteiger partial charge on any atom is 0.296 e. The number of nitrogens with zero attached hydrogens (tertiary/aromatic N) is 1. The van der Waals surface area contributed by atoms with Crippen molar-refractivity contribution in [3.05, 3.63) is 21.8 Å². The summed E-state index contributed by atoms with van der Waals surface area (Å²) in [6, 6.07) is 0. The molecule has 152 valence electrons. The van der Waals surface area contributed by atoms with Crippen molar-refractivity contribution in [3.63, 3.8) is 0 Å². The van der Waals surface area contributed by atoms with E-state index in [1.54, 1.807) is 6.08 Å². The van der Waals surface area contributed by atoms with Crippen LogP contribution in [-0.4, -0.2) is 27.2 Å². The largest absolute Gasteiger partial charge is 0.389 e. The van der Waals surface area contributed by atoms with Crippen LogP contribution in [0, 0.1) is 43.5 Å². The maximum absolute atomic E-state index is 12.0. The smallest absolute Gasteiger partial charge is 0.296 e. The van der Waals surface area contributed by atoms with Crippen molar-refractivity contribution in [2.24, 2.45) is 22.7 Å². The Balaban J connectivity index is 1.75. The predicted octanol–water partition coefficient (Wildman–Crippen LogP) is 3.94. The van der Waals surface area contributed by atoms with Crippen molar-refractivity contribution in [1.29, 1.82) is 0 Å². The normalized spacial score (nSPS) is 47.0. The quantitative estimate of drug-likeness (QED) is 0.390. The van der Waals surface area contributed by atoms with Gasteiger partial charge in [-0.3, -0.25) is 9.63 Å². The van der Waals surface area contributed by atoms with Gasteiger partial charge in [0.1, 0.15) is 0 Å². The average molecular weight is 452 g/mol. The third kappa shape index (κ3) is 2.40. The molecule has 4 aliphatic carbocycles. The minimum absolute atomic E-state index is 0.0240. The zero-order chi connectivity index (χ0) is 20.4. The molecule has 0 radical (unpaired) electrons. The highest BCUT2D eigenvalue weighted by Gasteiger charge is 2.70. The average Bonchev–Trinajstić information content (AvgIpc) is 2.89. The summed E-state index contributed by atoms with van der Waals surface area (Å²) in [6.07, 6.45) is 6.88. The van der Waals surface area contributed by atoms with E-state index in [-0.39, 0.29) is 17.6 Å². The lowest BCUT2D eigenvalue weighted by Crippen LogP contribution is -2.64. The first-order valence-electron chi connectivity index (χ1n) is 10.0. The zero-order valence-electron chi connectivity index (χ0n) is 16.3. The molecule has 0 saturated heterocycles. The van der Waals surface area contributed by atoms with E-state index >= 15 is 0 Å². The van der Waals surface area contributed by atoms with Gasteiger partial charge < -0.3 is 5.11 Å². The highest BCUT2D eigenvalue weighted by atomic mass is 79.9. The van der Waals surface area contributed by atoms with Crippen LogP contribution in [0.3, 0.4) is 0 Å². The number of fused-ring (bicyclic) bond motifs is 5. The van der Waals surface area contributed by atoms with Crippen molar-refractivity contribution in [2.45, 2.75) is 76.4 Å². The minimum atomic E-state index is -1.15. The predicted molar refractivity (Wildman–Crippen MR) is 106 cm³/mol. The molecule has 0 heterocycles. The lowest BCUT2D eigenvalue weighted by molar-refractivity contribution is -0.781. The van der Waals surface area contributed by atoms with Crippen molar-refractivity contribution in [1.82, 2.24) is 0 Å². The van der Waals surface area contributed by atoms with E-state index in [0.717, 1.165) is 24.8 Å². The Hall–Kier alpha value is -1.39. The van der Waals surface area contributed by atoms with Gasteiger partial charge in [0, 0.05) is 33.2 Å². The summed E-state index contributed by atoms with van der Waals surface area (Å²) in [6.45, 7) is 4.15. The van der Waals surface area contributed by atoms with E-state index in [9.17, 15) is 20.0 Å². The molecule has 7 heteroatoms. The van der Waals surface area contributed by atoms with Crippen LogP contribution < -0.4 is 0 Å². The lowest BCUT2D eigenvalue weighted by Gasteiger charge is -2.63. The number of carbonyl (C=O) groups is 1. The SMILES string of the molecule is C[C@]12CC[C@]3(O)[C@@H](CCC4=CC(=O)CC[C@@]43C)[C@@H]1CCC2(C#CBr)O[N+](=O)[O-]. The Morgan fingerprint density at radius 1 is 1.21 bits per heavy atom. The first-order chi connectivity index (χ1) is 13.1. The molecule has 0 aromatic rings. The van der Waals surface area contributed by atoms with Crippen molar-refractivity contribution < 1.29 is 19.8 Å². The van der Waals surface area contributed by atoms with Crippen LogP contribution in [0.1, 0.15) is 65.2 Å². The number of aliphatic hydroxyl groups is 1. The summed E-state index contributed by atoms with van der Waals surface area (Å²) in [5.74, 6) is 3.25. The van der Waals surface area contributed by atoms with E-state index < -0.39 is 27.1 Å². The second-order valence-corrected chi connectivity index (χ2v) is 9.86. The van der Waals surface area contributed by atoms with E-state index in [2.05, 4.69) is 33.6 Å². The number of rotatable bonds is 2. The van der Waals surface area contributed by atoms with Crippen LogP contribution in [0.2, 0.25) is 0 Å². The fourth-order valence-corrected chi connectivity index (χ4v) is 7.40. The topological polar surface area (TPSA) is 89.7 Å². The summed E-state index contributed by atoms with van der Waals surface area (Å²) in [4.78, 5) is 31.2. The second-order valence-electron chi connectivity index (χ2n) is 9.46. The molecule has 0 amide bonds. The molecule has 0 spiro atoms. The number of hydrogen-bond acceptors (Lipinski definition) is 5. The van der Waals surface area contributed by atoms with Crippen LogP contribution in [0.4, 0.5) is 0 Å². The van der Waals surface area contributed by atoms with Crippen LogP contribution >= 0.6 is 15.9 Å². The Kier molecular flexibility index (Phi) is 4.48. The van der Waals surface area contributed by atoms with Gasteiger partial charge in [0.05, 0.1) is 5.60 Å². The first kappa shape index (κ1) is 19.9. The van der Waals surface area contributed by atoms with Gasteiger partial charge in [0.25, 0.3) is 5.09 Å². The van der Waals surface area contributed by atoms with E-state index in [1.807, 2.05) is 6.92 Å². The van der Waals surface area contributed by atoms with Crippen LogP contribution in [0.5, 0.6) is 0 Å². The van der Waals surface area contributed by atoms with Crippen molar-refractivity contribution in [3.8, 4) is 10.8 Å². The van der Waals surface area contributed by atoms with E-state index in [4.69, 9.17) is 4.84 Å². The molecular weight excluding hydrogens is 426 g/mol. The van der Waals surface area contributed by atoms with Gasteiger partial charge in [0.2, 0.25) is 0 Å². The Morgan fingerprint density at radius 3 is 2.64 bits per heavy atom. The Labute approximate surface area is 173 Å². The number of halogens is 1. The molecule has 28 heavy (non-hydrogen) atoms. The van der Waals surface area contributed by atoms with E-state index in [1.165, 1.54) is 0 Å². The van der Waals surface area contributed by atoms with Gasteiger partial charge in [0.15, 0.2) is 11.4 Å². The Bertz CT molecular complexity index is 830. The molecule has 1 N–H and O–H groups in total. The highest BCUT2D eigenvalue weighted by Crippen LogP contribution is 2.69. The lowest BCUT2D eigenvalue weighted by atomic mass is 9.44. The van der Waals surface area contributed by atoms with Crippen molar-refractivity contribution >= 4 is 21.7 Å². The van der Waals surface area contributed by atoms with Gasteiger partial charge in [-0.25, -0.2) is 0 Å². The maximum atomic E-state index is 12.0. The highest BCUT2D eigenvalue weighted by molar-refractivity contribution is 9.12. The van der Waals surface area contributed by atoms with Gasteiger partial charge in [-0.05, 0) is 67.7 Å². The molecule has 4 aliphatic rings. The Morgan fingerprint density at radius 2 is 1.96 bits per heavy atom. The molecule has 4 rings (SSSR count). The van der Waals surface area contributed by atoms with Gasteiger partial charge >= 0.3 is 0 Å². The summed E-state index contributed by atoms with van der Waals surface area (Å²) in [5, 5.41) is 22.6. The molecule has 0 aromatic carbocycles. The molecular formula is C21H26BrNO5. The molecule has 0 bridgehead atoms. The molecule has 6 nitrogen and oxygen atoms in total. The van der Waals surface area contributed by atoms with Crippen molar-refractivity contribution in [2.75, 3.05) is 0 Å². The molecule has 3 saturated carbocycles. The summed E-state index contributed by atoms with van der Waals surface area (Å²) >= 11 is 3.11. The first-order valence-corrected chi connectivity index (χ1v) is 10.8. The number of carbonyl (C=O) groups excluding carboxylic acids is 1. The molecule has 0 aliphatic heterocycles.